The van der Waals surface area contributed by atoms with Gasteiger partial charge in [-0.3, -0.25) is 0 Å². The average Bonchev–Trinajstić information content (AvgIpc) is 2.05. The summed E-state index contributed by atoms with van der Waals surface area (Å²) in [5.41, 5.74) is 1.39. The molecule has 1 radical (unpaired) electrons. The molecular weight excluding hydrogens is 122 g/mol. The lowest BCUT2D eigenvalue weighted by Gasteiger charge is -2.10. The highest BCUT2D eigenvalue weighted by Crippen LogP contribution is 2.20. The Balaban J connectivity index is 2.34. The van der Waals surface area contributed by atoms with Crippen molar-refractivity contribution in [3.63, 3.8) is 0 Å². The number of rotatable bonds is 0. The first-order valence-corrected chi connectivity index (χ1v) is 3.53. The molecule has 2 aliphatic rings. The summed E-state index contributed by atoms with van der Waals surface area (Å²) in [6.07, 6.45) is 13.5. The van der Waals surface area contributed by atoms with Gasteiger partial charge < -0.3 is 0 Å². The molecule has 0 bridgehead atoms. The van der Waals surface area contributed by atoms with Crippen molar-refractivity contribution in [3.8, 4) is 0 Å². The van der Waals surface area contributed by atoms with Crippen molar-refractivity contribution in [3.05, 3.63) is 36.1 Å². The highest BCUT2D eigenvalue weighted by molar-refractivity contribution is 5.69. The zero-order valence-electron chi connectivity index (χ0n) is 5.70. The molecule has 0 saturated heterocycles. The monoisotopic (exact) mass is 131 g/mol. The van der Waals surface area contributed by atoms with Crippen LogP contribution in [0.2, 0.25) is 0 Å². The van der Waals surface area contributed by atoms with Crippen LogP contribution in [-0.2, 0) is 0 Å². The Morgan fingerprint density at radius 3 is 3.40 bits per heavy atom. The van der Waals surface area contributed by atoms with Crippen LogP contribution in [0, 0.1) is 5.92 Å². The lowest BCUT2D eigenvalue weighted by molar-refractivity contribution is 0.832. The molecule has 10 heavy (non-hydrogen) atoms. The molecule has 0 fully saturated rings. The largest absolute Gasteiger partial charge is 0.242 e. The van der Waals surface area contributed by atoms with Crippen LogP contribution in [0.4, 0.5) is 0 Å². The second-order valence-corrected chi connectivity index (χ2v) is 2.55. The Kier molecular flexibility index (Phi) is 1.28. The molecule has 1 unspecified atom stereocenters. The van der Waals surface area contributed by atoms with E-state index in [1.54, 1.807) is 0 Å². The predicted molar refractivity (Wildman–Crippen MR) is 42.7 cm³/mol. The molecule has 0 aromatic carbocycles. The van der Waals surface area contributed by atoms with Crippen LogP contribution >= 0.6 is 0 Å². The van der Waals surface area contributed by atoms with Gasteiger partial charge in [0.1, 0.15) is 0 Å². The second-order valence-electron chi connectivity index (χ2n) is 2.55. The third-order valence-corrected chi connectivity index (χ3v) is 1.86. The summed E-state index contributed by atoms with van der Waals surface area (Å²) in [5.74, 6) is 0.551. The Hall–Kier alpha value is -1.11. The first kappa shape index (κ1) is 5.66. The first-order valence-electron chi connectivity index (χ1n) is 3.53. The van der Waals surface area contributed by atoms with Gasteiger partial charge in [0, 0.05) is 11.1 Å². The van der Waals surface area contributed by atoms with E-state index in [0.29, 0.717) is 5.92 Å². The minimum absolute atomic E-state index is 0.551. The predicted octanol–water partition coefficient (Wildman–Crippen LogP) is 1.42. The van der Waals surface area contributed by atoms with Crippen molar-refractivity contribution in [2.75, 3.05) is 0 Å². The lowest BCUT2D eigenvalue weighted by Crippen LogP contribution is -2.11. The van der Waals surface area contributed by atoms with Crippen LogP contribution in [0.1, 0.15) is 6.42 Å². The first-order chi connectivity index (χ1) is 4.97. The summed E-state index contributed by atoms with van der Waals surface area (Å²) in [6.45, 7) is 0. The van der Waals surface area contributed by atoms with E-state index in [1.807, 2.05) is 12.4 Å². The SMILES string of the molecule is C1=CCC2C=[N+]C=CC2=C1. The van der Waals surface area contributed by atoms with E-state index in [-0.39, 0.29) is 0 Å². The van der Waals surface area contributed by atoms with Crippen molar-refractivity contribution in [2.45, 2.75) is 6.42 Å². The molecule has 1 aliphatic carbocycles. The highest BCUT2D eigenvalue weighted by Gasteiger charge is 2.18. The number of aliphatic imine (C=N–C) groups is 1. The third kappa shape index (κ3) is 0.838. The molecule has 0 amide bonds. The van der Waals surface area contributed by atoms with Gasteiger partial charge in [-0.2, -0.15) is 0 Å². The molecule has 1 atom stereocenters. The molecule has 1 aliphatic heterocycles. The zero-order valence-corrected chi connectivity index (χ0v) is 5.70. The smallest absolute Gasteiger partial charge is 0.0834 e. The highest BCUT2D eigenvalue weighted by atomic mass is 14.7. The van der Waals surface area contributed by atoms with E-state index in [2.05, 4.69) is 29.3 Å². The van der Waals surface area contributed by atoms with Gasteiger partial charge in [-0.25, -0.2) is 0 Å². The van der Waals surface area contributed by atoms with Crippen LogP contribution in [0.3, 0.4) is 0 Å². The number of fused-ring (bicyclic) bond motifs is 1. The molecule has 0 N–H and O–H groups in total. The van der Waals surface area contributed by atoms with E-state index < -0.39 is 0 Å². The van der Waals surface area contributed by atoms with Crippen LogP contribution in [0.5, 0.6) is 0 Å². The summed E-state index contributed by atoms with van der Waals surface area (Å²) >= 11 is 0. The van der Waals surface area contributed by atoms with Crippen LogP contribution < -0.4 is 4.99 Å². The van der Waals surface area contributed by atoms with Gasteiger partial charge in [0.25, 0.3) is 0 Å². The Bertz CT molecular complexity index is 243. The van der Waals surface area contributed by atoms with Gasteiger partial charge in [0.05, 0.1) is 5.92 Å². The minimum Gasteiger partial charge on any atom is -0.0834 e. The number of hydrogen-bond acceptors (Lipinski definition) is 1. The van der Waals surface area contributed by atoms with Crippen molar-refractivity contribution >= 4 is 6.21 Å². The van der Waals surface area contributed by atoms with Gasteiger partial charge in [-0.1, -0.05) is 18.2 Å². The van der Waals surface area contributed by atoms with Crippen molar-refractivity contribution in [2.24, 2.45) is 5.92 Å². The van der Waals surface area contributed by atoms with E-state index >= 15 is 0 Å². The lowest BCUT2D eigenvalue weighted by atomic mass is 9.91. The molecule has 0 spiro atoms. The standard InChI is InChI=1S/C9H9N/c1-2-4-9-7-10-6-5-8(9)3-1/h1-3,5-7,9H,4H2/q+1. The Morgan fingerprint density at radius 2 is 2.50 bits per heavy atom. The molecule has 0 aromatic heterocycles. The third-order valence-electron chi connectivity index (χ3n) is 1.86. The van der Waals surface area contributed by atoms with E-state index in [0.717, 1.165) is 6.42 Å². The molecule has 0 aromatic rings. The van der Waals surface area contributed by atoms with Gasteiger partial charge in [-0.15, -0.1) is 0 Å². The summed E-state index contributed by atoms with van der Waals surface area (Å²) < 4.78 is 0. The maximum atomic E-state index is 4.08. The minimum atomic E-state index is 0.551. The van der Waals surface area contributed by atoms with Gasteiger partial charge in [0.2, 0.25) is 12.4 Å². The maximum Gasteiger partial charge on any atom is 0.242 e. The molecule has 2 rings (SSSR count). The summed E-state index contributed by atoms with van der Waals surface area (Å²) in [6, 6.07) is 0. The normalized spacial score (nSPS) is 28.0. The number of allylic oxidation sites excluding steroid dienone is 5. The zero-order chi connectivity index (χ0) is 6.81. The fraction of sp³-hybridized carbons (Fsp3) is 0.222. The maximum absolute atomic E-state index is 4.08. The quantitative estimate of drug-likeness (QED) is 0.472. The molecular formula is C9H9N+. The van der Waals surface area contributed by atoms with Crippen LogP contribution in [0.25, 0.3) is 0 Å². The number of nitrogens with zero attached hydrogens (tertiary/aromatic N) is 1. The Labute approximate surface area is 60.5 Å². The Morgan fingerprint density at radius 1 is 1.50 bits per heavy atom. The van der Waals surface area contributed by atoms with E-state index in [4.69, 9.17) is 0 Å². The van der Waals surface area contributed by atoms with Gasteiger partial charge >= 0.3 is 0 Å². The summed E-state index contributed by atoms with van der Waals surface area (Å²) in [5, 5.41) is 0. The second kappa shape index (κ2) is 2.25. The van der Waals surface area contributed by atoms with E-state index in [1.165, 1.54) is 5.57 Å². The van der Waals surface area contributed by atoms with Crippen molar-refractivity contribution in [1.82, 2.24) is 4.99 Å². The van der Waals surface area contributed by atoms with Crippen LogP contribution in [0.15, 0.2) is 36.1 Å². The van der Waals surface area contributed by atoms with Crippen LogP contribution in [-0.4, -0.2) is 6.21 Å². The fourth-order valence-corrected chi connectivity index (χ4v) is 1.27. The molecule has 1 heterocycles. The molecule has 1 heteroatoms. The summed E-state index contributed by atoms with van der Waals surface area (Å²) in [7, 11) is 0. The fourth-order valence-electron chi connectivity index (χ4n) is 1.27. The van der Waals surface area contributed by atoms with Gasteiger partial charge in [0.15, 0.2) is 0 Å². The molecule has 1 nitrogen and oxygen atoms in total. The molecule has 49 valence electrons. The summed E-state index contributed by atoms with van der Waals surface area (Å²) in [4.78, 5) is 4.08. The topological polar surface area (TPSA) is 14.1 Å². The number of hydrogen-bond donors (Lipinski definition) is 0. The van der Waals surface area contributed by atoms with Gasteiger partial charge in [-0.05, 0) is 12.0 Å². The average molecular weight is 131 g/mol. The van der Waals surface area contributed by atoms with Crippen molar-refractivity contribution < 1.29 is 0 Å². The van der Waals surface area contributed by atoms with E-state index in [9.17, 15) is 0 Å². The molecule has 0 saturated carbocycles. The van der Waals surface area contributed by atoms with Crippen molar-refractivity contribution in [1.29, 1.82) is 0 Å².